The average molecular weight is 383 g/mol. The van der Waals surface area contributed by atoms with E-state index in [0.717, 1.165) is 18.4 Å². The van der Waals surface area contributed by atoms with Gasteiger partial charge in [-0.15, -0.1) is 0 Å². The Hall–Kier alpha value is -3.22. The maximum Gasteiger partial charge on any atom is 0.271 e. The van der Waals surface area contributed by atoms with Crippen LogP contribution < -0.4 is 10.2 Å². The summed E-state index contributed by atoms with van der Waals surface area (Å²) < 4.78 is 5.83. The summed E-state index contributed by atoms with van der Waals surface area (Å²) in [6.45, 7) is 2.83. The number of hydrogen-bond acceptors (Lipinski definition) is 5. The third-order valence-corrected chi connectivity index (χ3v) is 4.13. The topological polar surface area (TPSA) is 93.8 Å². The number of hydrazone groups is 1. The molecule has 0 aliphatic heterocycles. The van der Waals surface area contributed by atoms with Crippen LogP contribution in [0.1, 0.15) is 54.9 Å². The Morgan fingerprint density at radius 1 is 1.11 bits per heavy atom. The fourth-order valence-corrected chi connectivity index (χ4v) is 2.57. The number of hydrogen-bond donors (Lipinski definition) is 1. The number of carbonyl (C=O) groups excluding carboxylic acids is 1. The molecule has 0 unspecified atom stereocenters. The van der Waals surface area contributed by atoms with E-state index in [9.17, 15) is 14.9 Å². The second-order valence-electron chi connectivity index (χ2n) is 6.30. The molecule has 0 spiro atoms. The molecular formula is C21H25N3O4. The van der Waals surface area contributed by atoms with Crippen molar-refractivity contribution >= 4 is 17.8 Å². The Morgan fingerprint density at radius 3 is 2.54 bits per heavy atom. The smallest absolute Gasteiger partial charge is 0.271 e. The van der Waals surface area contributed by atoms with Crippen LogP contribution in [0.3, 0.4) is 0 Å². The Kier molecular flexibility index (Phi) is 8.65. The van der Waals surface area contributed by atoms with E-state index in [2.05, 4.69) is 17.5 Å². The van der Waals surface area contributed by atoms with Gasteiger partial charge in [-0.1, -0.05) is 44.7 Å². The van der Waals surface area contributed by atoms with E-state index in [1.807, 2.05) is 24.3 Å². The fraction of sp³-hybridized carbons (Fsp3) is 0.333. The van der Waals surface area contributed by atoms with Gasteiger partial charge in [-0.05, 0) is 30.7 Å². The lowest BCUT2D eigenvalue weighted by atomic mass is 10.2. The molecule has 2 rings (SSSR count). The summed E-state index contributed by atoms with van der Waals surface area (Å²) >= 11 is 0. The summed E-state index contributed by atoms with van der Waals surface area (Å²) in [6, 6.07) is 12.8. The number of nitro benzene ring substituents is 1. The zero-order chi connectivity index (χ0) is 20.2. The van der Waals surface area contributed by atoms with Crippen molar-refractivity contribution < 1.29 is 14.5 Å². The lowest BCUT2D eigenvalue weighted by molar-refractivity contribution is -0.384. The first-order chi connectivity index (χ1) is 13.6. The highest BCUT2D eigenvalue weighted by molar-refractivity contribution is 5.95. The number of amides is 1. The highest BCUT2D eigenvalue weighted by Crippen LogP contribution is 2.17. The van der Waals surface area contributed by atoms with E-state index in [-0.39, 0.29) is 5.69 Å². The quantitative estimate of drug-likeness (QED) is 0.263. The predicted molar refractivity (Wildman–Crippen MR) is 109 cm³/mol. The summed E-state index contributed by atoms with van der Waals surface area (Å²) in [4.78, 5) is 22.2. The van der Waals surface area contributed by atoms with Crippen LogP contribution in [-0.4, -0.2) is 23.7 Å². The molecule has 0 fully saturated rings. The monoisotopic (exact) mass is 383 g/mol. The maximum absolute atomic E-state index is 12.1. The van der Waals surface area contributed by atoms with Crippen molar-refractivity contribution in [3.63, 3.8) is 0 Å². The van der Waals surface area contributed by atoms with Crippen LogP contribution in [0.15, 0.2) is 53.6 Å². The van der Waals surface area contributed by atoms with Gasteiger partial charge in [0.15, 0.2) is 0 Å². The molecule has 2 aromatic rings. The molecule has 7 heteroatoms. The van der Waals surface area contributed by atoms with E-state index in [1.54, 1.807) is 0 Å². The van der Waals surface area contributed by atoms with Crippen LogP contribution in [0.5, 0.6) is 5.75 Å². The SMILES string of the molecule is CCCCCCCOc1ccccc1/C=N/NC(=O)c1ccc([N+](=O)[O-])cc1. The number of rotatable bonds is 11. The Balaban J connectivity index is 1.87. The second-order valence-corrected chi connectivity index (χ2v) is 6.30. The fourth-order valence-electron chi connectivity index (χ4n) is 2.57. The Bertz CT molecular complexity index is 804. The molecule has 0 atom stereocenters. The third kappa shape index (κ3) is 6.83. The number of nitrogens with zero attached hydrogens (tertiary/aromatic N) is 2. The van der Waals surface area contributed by atoms with Gasteiger partial charge in [0.25, 0.3) is 11.6 Å². The lowest BCUT2D eigenvalue weighted by Crippen LogP contribution is -2.17. The number of non-ortho nitro benzene ring substituents is 1. The number of carbonyl (C=O) groups is 1. The molecule has 0 aliphatic carbocycles. The van der Waals surface area contributed by atoms with E-state index in [1.165, 1.54) is 49.7 Å². The molecule has 28 heavy (non-hydrogen) atoms. The highest BCUT2D eigenvalue weighted by atomic mass is 16.6. The highest BCUT2D eigenvalue weighted by Gasteiger charge is 2.08. The lowest BCUT2D eigenvalue weighted by Gasteiger charge is -2.08. The van der Waals surface area contributed by atoms with Gasteiger partial charge in [-0.2, -0.15) is 5.10 Å². The van der Waals surface area contributed by atoms with Crippen molar-refractivity contribution in [3.05, 3.63) is 69.8 Å². The maximum atomic E-state index is 12.1. The van der Waals surface area contributed by atoms with Crippen molar-refractivity contribution in [2.24, 2.45) is 5.10 Å². The van der Waals surface area contributed by atoms with Crippen LogP contribution in [-0.2, 0) is 0 Å². The molecule has 0 aromatic heterocycles. The van der Waals surface area contributed by atoms with Gasteiger partial charge in [0.05, 0.1) is 17.7 Å². The largest absolute Gasteiger partial charge is 0.493 e. The summed E-state index contributed by atoms with van der Waals surface area (Å²) in [7, 11) is 0. The number of para-hydroxylation sites is 1. The minimum absolute atomic E-state index is 0.0687. The van der Waals surface area contributed by atoms with Crippen LogP contribution in [0.4, 0.5) is 5.69 Å². The molecule has 0 heterocycles. The predicted octanol–water partition coefficient (Wildman–Crippen LogP) is 4.71. The Morgan fingerprint density at radius 2 is 1.82 bits per heavy atom. The number of nitro groups is 1. The van der Waals surface area contributed by atoms with Crippen molar-refractivity contribution in [1.29, 1.82) is 0 Å². The van der Waals surface area contributed by atoms with Crippen molar-refractivity contribution in [1.82, 2.24) is 5.43 Å². The minimum atomic E-state index is -0.513. The second kappa shape index (κ2) is 11.5. The minimum Gasteiger partial charge on any atom is -0.493 e. The van der Waals surface area contributed by atoms with Gasteiger partial charge in [-0.25, -0.2) is 5.43 Å². The average Bonchev–Trinajstić information content (AvgIpc) is 2.71. The zero-order valence-electron chi connectivity index (χ0n) is 16.0. The number of nitrogens with one attached hydrogen (secondary N) is 1. The van der Waals surface area contributed by atoms with E-state index in [4.69, 9.17) is 4.74 Å². The van der Waals surface area contributed by atoms with Crippen molar-refractivity contribution in [2.45, 2.75) is 39.0 Å². The number of unbranched alkanes of at least 4 members (excludes halogenated alkanes) is 4. The molecule has 0 bridgehead atoms. The normalized spacial score (nSPS) is 10.8. The molecule has 0 radical (unpaired) electrons. The summed E-state index contributed by atoms with van der Waals surface area (Å²) in [5, 5.41) is 14.6. The zero-order valence-corrected chi connectivity index (χ0v) is 16.0. The van der Waals surface area contributed by atoms with Crippen LogP contribution in [0.25, 0.3) is 0 Å². The van der Waals surface area contributed by atoms with Gasteiger partial charge in [0.2, 0.25) is 0 Å². The molecule has 148 valence electrons. The molecule has 7 nitrogen and oxygen atoms in total. The summed E-state index contributed by atoms with van der Waals surface area (Å²) in [5.41, 5.74) is 3.41. The van der Waals surface area contributed by atoms with Crippen LogP contribution in [0, 0.1) is 10.1 Å². The number of benzene rings is 2. The molecule has 0 saturated heterocycles. The van der Waals surface area contributed by atoms with E-state index in [0.29, 0.717) is 17.9 Å². The van der Waals surface area contributed by atoms with E-state index < -0.39 is 10.8 Å². The first-order valence-electron chi connectivity index (χ1n) is 9.41. The standard InChI is InChI=1S/C21H25N3O4/c1-2-3-4-5-8-15-28-20-10-7-6-9-18(20)16-22-23-21(25)17-11-13-19(14-12-17)24(26)27/h6-7,9-14,16H,2-5,8,15H2,1H3,(H,23,25)/b22-16+. The van der Waals surface area contributed by atoms with Crippen molar-refractivity contribution in [2.75, 3.05) is 6.61 Å². The first kappa shape index (κ1) is 21.1. The van der Waals surface area contributed by atoms with Gasteiger partial charge < -0.3 is 4.74 Å². The molecular weight excluding hydrogens is 358 g/mol. The van der Waals surface area contributed by atoms with Gasteiger partial charge in [0.1, 0.15) is 5.75 Å². The van der Waals surface area contributed by atoms with Gasteiger partial charge in [0, 0.05) is 23.3 Å². The molecule has 1 N–H and O–H groups in total. The Labute approximate surface area is 164 Å². The molecule has 0 saturated carbocycles. The van der Waals surface area contributed by atoms with Crippen molar-refractivity contribution in [3.8, 4) is 5.75 Å². The number of ether oxygens (including phenoxy) is 1. The van der Waals surface area contributed by atoms with Crippen LogP contribution in [0.2, 0.25) is 0 Å². The summed E-state index contributed by atoms with van der Waals surface area (Å²) in [5.74, 6) is 0.270. The molecule has 1 amide bonds. The van der Waals surface area contributed by atoms with Gasteiger partial charge in [-0.3, -0.25) is 14.9 Å². The molecule has 0 aliphatic rings. The third-order valence-electron chi connectivity index (χ3n) is 4.13. The van der Waals surface area contributed by atoms with Gasteiger partial charge >= 0.3 is 0 Å². The first-order valence-corrected chi connectivity index (χ1v) is 9.41. The van der Waals surface area contributed by atoms with E-state index >= 15 is 0 Å². The molecule has 2 aromatic carbocycles. The van der Waals surface area contributed by atoms with Crippen LogP contribution >= 0.6 is 0 Å². The summed E-state index contributed by atoms with van der Waals surface area (Å²) in [6.07, 6.45) is 7.36.